The predicted molar refractivity (Wildman–Crippen MR) is 386 cm³/mol. The van der Waals surface area contributed by atoms with Crippen LogP contribution < -0.4 is 21.3 Å². The zero-order chi connectivity index (χ0) is 63.6. The largest absolute Gasteiger partial charge is 0.340 e. The molecular formula is C78H54N8O4S4. The molecule has 4 N–H and O–H groups in total. The topological polar surface area (TPSA) is 168 Å². The predicted octanol–water partition coefficient (Wildman–Crippen LogP) is 18.2. The van der Waals surface area contributed by atoms with Crippen LogP contribution in [-0.4, -0.2) is 55.6 Å². The number of carbonyl (C=O) groups excluding carboxylic acids is 4. The lowest BCUT2D eigenvalue weighted by molar-refractivity contribution is -0.118. The molecule has 0 saturated heterocycles. The molecule has 2 atom stereocenters. The highest BCUT2D eigenvalue weighted by atomic mass is 32.1. The second-order valence-corrected chi connectivity index (χ2v) is 27.7. The van der Waals surface area contributed by atoms with Crippen LogP contribution in [0.25, 0.3) is 118 Å². The summed E-state index contributed by atoms with van der Waals surface area (Å²) < 4.78 is 0. The summed E-state index contributed by atoms with van der Waals surface area (Å²) in [7, 11) is 0. The Balaban J connectivity index is 0.730. The zero-order valence-electron chi connectivity index (χ0n) is 50.6. The first-order chi connectivity index (χ1) is 46.0. The van der Waals surface area contributed by atoms with Gasteiger partial charge in [-0.3, -0.25) is 19.2 Å². The van der Waals surface area contributed by atoms with Gasteiger partial charge in [0.1, 0.15) is 33.5 Å². The molecule has 16 rings (SSSR count). The van der Waals surface area contributed by atoms with Gasteiger partial charge in [0, 0.05) is 44.8 Å². The van der Waals surface area contributed by atoms with Crippen molar-refractivity contribution >= 4 is 144 Å². The summed E-state index contributed by atoms with van der Waals surface area (Å²) in [6, 6.07) is 73.8. The summed E-state index contributed by atoms with van der Waals surface area (Å²) in [5, 5.41) is 27.0. The van der Waals surface area contributed by atoms with E-state index in [1.54, 1.807) is 0 Å². The number of thiazole rings is 4. The monoisotopic (exact) mass is 1290 g/mol. The van der Waals surface area contributed by atoms with E-state index in [0.29, 0.717) is 44.2 Å². The molecule has 0 aliphatic heterocycles. The van der Waals surface area contributed by atoms with E-state index in [1.807, 2.05) is 196 Å². The molecule has 4 heterocycles. The number of carbonyl (C=O) groups is 4. The Kier molecular flexibility index (Phi) is 15.1. The highest BCUT2D eigenvalue weighted by molar-refractivity contribution is 7.21. The lowest BCUT2D eigenvalue weighted by Crippen LogP contribution is -2.45. The first kappa shape index (κ1) is 58.2. The summed E-state index contributed by atoms with van der Waals surface area (Å²) in [6.45, 7) is 3.95. The molecule has 94 heavy (non-hydrogen) atoms. The number of hydrogen-bond donors (Lipinski definition) is 4. The van der Waals surface area contributed by atoms with Crippen molar-refractivity contribution in [3.05, 3.63) is 263 Å². The van der Waals surface area contributed by atoms with Gasteiger partial charge in [0.25, 0.3) is 11.8 Å². The number of anilines is 2. The molecule has 454 valence electrons. The fraction of sp³-hybridized carbons (Fsp3) is 0.0769. The van der Waals surface area contributed by atoms with Crippen molar-refractivity contribution in [2.45, 2.75) is 38.8 Å². The molecule has 0 radical (unpaired) electrons. The fourth-order valence-electron chi connectivity index (χ4n) is 12.9. The van der Waals surface area contributed by atoms with Crippen molar-refractivity contribution in [1.82, 2.24) is 30.6 Å². The molecule has 0 fully saturated rings. The zero-order valence-corrected chi connectivity index (χ0v) is 53.8. The normalized spacial score (nSPS) is 12.3. The Morgan fingerprint density at radius 3 is 1.07 bits per heavy atom. The molecule has 0 unspecified atom stereocenters. The number of nitrogens with one attached hydrogen (secondary N) is 4. The molecule has 16 aromatic rings. The van der Waals surface area contributed by atoms with Gasteiger partial charge in [0.2, 0.25) is 11.8 Å². The Bertz CT molecular complexity index is 5220. The van der Waals surface area contributed by atoms with Gasteiger partial charge >= 0.3 is 0 Å². The number of rotatable bonds is 17. The van der Waals surface area contributed by atoms with Gasteiger partial charge < -0.3 is 21.3 Å². The minimum Gasteiger partial charge on any atom is -0.340 e. The Hall–Kier alpha value is -10.9. The summed E-state index contributed by atoms with van der Waals surface area (Å²) >= 11 is 5.64. The highest BCUT2D eigenvalue weighted by Gasteiger charge is 2.32. The number of nitrogens with zero attached hydrogens (tertiary/aromatic N) is 4. The molecule has 0 aliphatic carbocycles. The van der Waals surface area contributed by atoms with Gasteiger partial charge in [-0.1, -0.05) is 218 Å². The SMILES string of the molecule is Cc1sc(NC(=O)[C@@H](Cc2ccccc2)NC(=O)c2ccc3ccc4cccc5ccc2c3c45)nc1-c1sc(-c2ccccc2)nc1-c1nc(-c2ccccc2)sc1-c1nc(NC(=O)[C@@H](Cc2ccccc2)NC(=O)c2ccc3ccc4cccc5ccc2c3c45)sc1C. The van der Waals surface area contributed by atoms with Gasteiger partial charge in [-0.2, -0.15) is 0 Å². The van der Waals surface area contributed by atoms with E-state index in [2.05, 4.69) is 69.8 Å². The van der Waals surface area contributed by atoms with E-state index in [0.717, 1.165) is 116 Å². The molecule has 12 aromatic carbocycles. The molecule has 16 heteroatoms. The van der Waals surface area contributed by atoms with Crippen LogP contribution in [0.2, 0.25) is 0 Å². The van der Waals surface area contributed by atoms with Crippen molar-refractivity contribution in [2.24, 2.45) is 0 Å². The van der Waals surface area contributed by atoms with Gasteiger partial charge in [-0.15, -0.1) is 45.3 Å². The van der Waals surface area contributed by atoms with Crippen molar-refractivity contribution in [1.29, 1.82) is 0 Å². The van der Waals surface area contributed by atoms with Gasteiger partial charge in [0.05, 0.1) is 21.1 Å². The van der Waals surface area contributed by atoms with Crippen LogP contribution >= 0.6 is 45.3 Å². The first-order valence-electron chi connectivity index (χ1n) is 30.8. The maximum absolute atomic E-state index is 14.9. The maximum atomic E-state index is 14.9. The third-order valence-electron chi connectivity index (χ3n) is 17.4. The van der Waals surface area contributed by atoms with Gasteiger partial charge in [-0.05, 0) is 102 Å². The lowest BCUT2D eigenvalue weighted by Gasteiger charge is -2.19. The van der Waals surface area contributed by atoms with Crippen molar-refractivity contribution in [3.63, 3.8) is 0 Å². The second-order valence-electron chi connectivity index (χ2n) is 23.3. The molecule has 0 saturated carbocycles. The Labute approximate surface area is 555 Å². The van der Waals surface area contributed by atoms with Crippen LogP contribution in [0, 0.1) is 13.8 Å². The molecular weight excluding hydrogens is 1240 g/mol. The van der Waals surface area contributed by atoms with Gasteiger partial charge in [0.15, 0.2) is 10.3 Å². The summed E-state index contributed by atoms with van der Waals surface area (Å²) in [5.41, 5.74) is 6.88. The van der Waals surface area contributed by atoms with Crippen LogP contribution in [0.5, 0.6) is 0 Å². The Morgan fingerprint density at radius 2 is 0.691 bits per heavy atom. The quantitative estimate of drug-likeness (QED) is 0.0654. The van der Waals surface area contributed by atoms with E-state index in [9.17, 15) is 19.2 Å². The number of aromatic nitrogens is 4. The number of hydrogen-bond acceptors (Lipinski definition) is 12. The van der Waals surface area contributed by atoms with Crippen LogP contribution in [-0.2, 0) is 22.4 Å². The number of benzene rings is 12. The molecule has 12 nitrogen and oxygen atoms in total. The summed E-state index contributed by atoms with van der Waals surface area (Å²) in [5.74, 6) is -1.56. The van der Waals surface area contributed by atoms with Crippen molar-refractivity contribution in [2.75, 3.05) is 10.6 Å². The average molecular weight is 1300 g/mol. The van der Waals surface area contributed by atoms with E-state index in [1.165, 1.54) is 45.3 Å². The van der Waals surface area contributed by atoms with Crippen molar-refractivity contribution < 1.29 is 19.2 Å². The van der Waals surface area contributed by atoms with Crippen LogP contribution in [0.1, 0.15) is 41.6 Å². The number of aryl methyl sites for hydroxylation is 2. The van der Waals surface area contributed by atoms with Crippen LogP contribution in [0.15, 0.2) is 231 Å². The number of amides is 4. The second kappa shape index (κ2) is 24.3. The van der Waals surface area contributed by atoms with E-state index in [-0.39, 0.29) is 24.7 Å². The summed E-state index contributed by atoms with van der Waals surface area (Å²) in [4.78, 5) is 83.5. The molecule has 4 amide bonds. The first-order valence-corrected chi connectivity index (χ1v) is 34.0. The molecule has 4 aromatic heterocycles. The lowest BCUT2D eigenvalue weighted by atomic mass is 9.91. The van der Waals surface area contributed by atoms with E-state index >= 15 is 0 Å². The minimum atomic E-state index is -0.978. The maximum Gasteiger partial charge on any atom is 0.252 e. The van der Waals surface area contributed by atoms with Crippen molar-refractivity contribution in [3.8, 4) is 53.7 Å². The van der Waals surface area contributed by atoms with E-state index in [4.69, 9.17) is 19.9 Å². The molecule has 0 aliphatic rings. The summed E-state index contributed by atoms with van der Waals surface area (Å²) in [6.07, 6.45) is 0.458. The standard InChI is InChI=1S/C78H54N8O4S4/c1-43-65(83-77(91-43)85-73(89)59(41-45-17-7-3-8-18-45)79-71(87)57-39-35-51-31-29-47-25-15-27-49-33-37-55(57)63(51)61(47)49)69-67(81-75(93-69)53-21-11-5-12-22-53)68-70(94-76(82-68)54-23-13-6-14-24-54)66-44(2)92-78(84-66)86-74(90)60(42-46-19-9-4-10-20-46)80-72(88)58-40-36-52-32-30-48-26-16-28-50-34-38-56(58)64(52)62(48)50/h3-40,59-60H,41-42H2,1-2H3,(H,79,87)(H,80,88)(H,83,85,89)(H,84,86,90)/t59-,60-/m1/s1. The molecule has 0 spiro atoms. The van der Waals surface area contributed by atoms with E-state index < -0.39 is 23.9 Å². The fourth-order valence-corrected chi connectivity index (χ4v) is 16.9. The third kappa shape index (κ3) is 10.8. The molecule has 0 bridgehead atoms. The average Bonchev–Trinajstić information content (AvgIpc) is 0.951. The minimum absolute atomic E-state index is 0.229. The Morgan fingerprint density at radius 1 is 0.351 bits per heavy atom. The van der Waals surface area contributed by atoms with Crippen LogP contribution in [0.4, 0.5) is 10.3 Å². The smallest absolute Gasteiger partial charge is 0.252 e. The van der Waals surface area contributed by atoms with Crippen LogP contribution in [0.3, 0.4) is 0 Å². The highest BCUT2D eigenvalue weighted by Crippen LogP contribution is 2.50. The van der Waals surface area contributed by atoms with Gasteiger partial charge in [-0.25, -0.2) is 19.9 Å². The third-order valence-corrected chi connectivity index (χ3v) is 21.4.